The van der Waals surface area contributed by atoms with Crippen molar-refractivity contribution >= 4 is 5.97 Å². The van der Waals surface area contributed by atoms with Crippen LogP contribution in [0.4, 0.5) is 0 Å². The van der Waals surface area contributed by atoms with E-state index in [1.807, 2.05) is 6.92 Å². The smallest absolute Gasteiger partial charge is 0.302 e. The van der Waals surface area contributed by atoms with Gasteiger partial charge in [-0.25, -0.2) is 0 Å². The van der Waals surface area contributed by atoms with E-state index < -0.39 is 0 Å². The van der Waals surface area contributed by atoms with Gasteiger partial charge in [-0.3, -0.25) is 4.79 Å². The molecule has 0 heterocycles. The fourth-order valence-corrected chi connectivity index (χ4v) is 0.246. The number of carbonyl (C=O) groups excluding carboxylic acids is 1. The molecule has 0 atom stereocenters. The van der Waals surface area contributed by atoms with E-state index in [2.05, 4.69) is 4.74 Å². The summed E-state index contributed by atoms with van der Waals surface area (Å²) in [4.78, 5) is 9.98. The molecule has 2 nitrogen and oxygen atoms in total. The fourth-order valence-electron chi connectivity index (χ4n) is 0.246. The van der Waals surface area contributed by atoms with E-state index in [-0.39, 0.29) is 5.97 Å². The van der Waals surface area contributed by atoms with Crippen LogP contribution in [0.15, 0.2) is 0 Å². The Labute approximate surface area is 43.5 Å². The van der Waals surface area contributed by atoms with Crippen LogP contribution in [-0.2, 0) is 9.53 Å². The van der Waals surface area contributed by atoms with E-state index in [9.17, 15) is 4.79 Å². The molecule has 0 aromatic carbocycles. The van der Waals surface area contributed by atoms with Gasteiger partial charge in [0.2, 0.25) is 0 Å². The third kappa shape index (κ3) is 5.47. The summed E-state index contributed by atoms with van der Waals surface area (Å²) >= 11 is 0. The van der Waals surface area contributed by atoms with Crippen LogP contribution in [0.25, 0.3) is 0 Å². The zero-order valence-electron chi connectivity index (χ0n) is 4.73. The highest BCUT2D eigenvalue weighted by atomic mass is 16.5. The molecule has 0 aromatic heterocycles. The molecule has 42 valence electrons. The lowest BCUT2D eigenvalue weighted by Gasteiger charge is -1.93. The van der Waals surface area contributed by atoms with Crippen molar-refractivity contribution in [1.82, 2.24) is 0 Å². The summed E-state index contributed by atoms with van der Waals surface area (Å²) in [7, 11) is 0. The van der Waals surface area contributed by atoms with Gasteiger partial charge >= 0.3 is 5.97 Å². The molecule has 0 unspecified atom stereocenters. The summed E-state index contributed by atoms with van der Waals surface area (Å²) in [5, 5.41) is 0. The van der Waals surface area contributed by atoms with Crippen molar-refractivity contribution < 1.29 is 9.53 Å². The monoisotopic (exact) mass is 102 g/mol. The molecule has 0 aliphatic rings. The molecule has 0 saturated heterocycles. The van der Waals surface area contributed by atoms with Crippen LogP contribution in [0, 0.1) is 0 Å². The van der Waals surface area contributed by atoms with Gasteiger partial charge in [0.15, 0.2) is 0 Å². The highest BCUT2D eigenvalue weighted by molar-refractivity contribution is 5.65. The van der Waals surface area contributed by atoms with E-state index in [1.165, 1.54) is 6.92 Å². The van der Waals surface area contributed by atoms with Gasteiger partial charge < -0.3 is 4.74 Å². The maximum Gasteiger partial charge on any atom is 0.302 e. The first kappa shape index (κ1) is 6.47. The molecule has 0 rings (SSSR count). The first-order valence-corrected chi connectivity index (χ1v) is 2.40. The largest absolute Gasteiger partial charge is 0.466 e. The molecule has 0 aliphatic carbocycles. The standard InChI is InChI=1S/C5H10O2/c1-3-4-7-5(2)6/h3-4H2,1-2H3. The summed E-state index contributed by atoms with van der Waals surface area (Å²) in [6.45, 7) is 3.92. The minimum Gasteiger partial charge on any atom is -0.466 e. The van der Waals surface area contributed by atoms with E-state index in [4.69, 9.17) is 0 Å². The lowest BCUT2D eigenvalue weighted by molar-refractivity contribution is -0.140. The number of rotatable bonds is 2. The van der Waals surface area contributed by atoms with Crippen molar-refractivity contribution in [3.05, 3.63) is 0 Å². The van der Waals surface area contributed by atoms with Gasteiger partial charge in [0.25, 0.3) is 0 Å². The molecule has 0 radical (unpaired) electrons. The zero-order valence-corrected chi connectivity index (χ0v) is 4.73. The van der Waals surface area contributed by atoms with Crippen molar-refractivity contribution in [2.45, 2.75) is 20.3 Å². The number of esters is 1. The Bertz CT molecular complexity index is 59.1. The Morgan fingerprint density at radius 1 is 1.71 bits per heavy atom. The van der Waals surface area contributed by atoms with Crippen molar-refractivity contribution in [2.24, 2.45) is 0 Å². The minimum atomic E-state index is -0.193. The molecule has 0 aromatic rings. The van der Waals surface area contributed by atoms with E-state index >= 15 is 0 Å². The third-order valence-electron chi connectivity index (χ3n) is 0.509. The molecule has 0 fully saturated rings. The quantitative estimate of drug-likeness (QED) is 0.485. The number of hydrogen-bond acceptors (Lipinski definition) is 2. The predicted octanol–water partition coefficient (Wildman–Crippen LogP) is 0.960. The minimum absolute atomic E-state index is 0.193. The molecule has 7 heavy (non-hydrogen) atoms. The molecule has 0 saturated carbocycles. The molecule has 0 N–H and O–H groups in total. The van der Waals surface area contributed by atoms with Crippen LogP contribution >= 0.6 is 0 Å². The van der Waals surface area contributed by atoms with Gasteiger partial charge in [0, 0.05) is 6.92 Å². The Morgan fingerprint density at radius 3 is 2.43 bits per heavy atom. The summed E-state index contributed by atoms with van der Waals surface area (Å²) in [6, 6.07) is 0. The van der Waals surface area contributed by atoms with Gasteiger partial charge in [-0.2, -0.15) is 0 Å². The molecule has 0 amide bonds. The van der Waals surface area contributed by atoms with Crippen molar-refractivity contribution in [1.29, 1.82) is 0 Å². The third-order valence-corrected chi connectivity index (χ3v) is 0.509. The first-order valence-electron chi connectivity index (χ1n) is 2.40. The second-order valence-electron chi connectivity index (χ2n) is 1.34. The van der Waals surface area contributed by atoms with E-state index in [0.29, 0.717) is 6.61 Å². The van der Waals surface area contributed by atoms with Crippen LogP contribution in [0.2, 0.25) is 0 Å². The van der Waals surface area contributed by atoms with Crippen molar-refractivity contribution in [3.8, 4) is 0 Å². The molecule has 2 heteroatoms. The Kier molecular flexibility index (Phi) is 3.38. The molecule has 0 spiro atoms. The zero-order chi connectivity index (χ0) is 5.70. The first-order chi connectivity index (χ1) is 3.27. The average Bonchev–Trinajstić information content (AvgIpc) is 1.61. The molecular formula is C5H10O2. The van der Waals surface area contributed by atoms with Crippen LogP contribution in [0.5, 0.6) is 0 Å². The van der Waals surface area contributed by atoms with Crippen molar-refractivity contribution in [3.63, 3.8) is 0 Å². The predicted molar refractivity (Wildman–Crippen MR) is 26.9 cm³/mol. The Balaban J connectivity index is 2.82. The highest BCUT2D eigenvalue weighted by Gasteiger charge is 1.85. The molecule has 0 aliphatic heterocycles. The lowest BCUT2D eigenvalue weighted by Crippen LogP contribution is -1.98. The second kappa shape index (κ2) is 3.65. The summed E-state index contributed by atoms with van der Waals surface area (Å²) in [5.74, 6) is -0.193. The maximum absolute atomic E-state index is 9.98. The highest BCUT2D eigenvalue weighted by Crippen LogP contribution is 1.78. The van der Waals surface area contributed by atoms with Crippen LogP contribution < -0.4 is 0 Å². The molecular weight excluding hydrogens is 92.1 g/mol. The lowest BCUT2D eigenvalue weighted by atomic mass is 10.5. The normalized spacial score (nSPS) is 8.29. The number of carbonyl (C=O) groups is 1. The maximum atomic E-state index is 9.98. The van der Waals surface area contributed by atoms with Gasteiger partial charge in [0.05, 0.1) is 6.61 Å². The summed E-state index contributed by atoms with van der Waals surface area (Å²) in [5.41, 5.74) is 0. The number of ether oxygens (including phenoxy) is 1. The summed E-state index contributed by atoms with van der Waals surface area (Å²) < 4.78 is 4.55. The van der Waals surface area contributed by atoms with Gasteiger partial charge in [-0.15, -0.1) is 0 Å². The average molecular weight is 102 g/mol. The van der Waals surface area contributed by atoms with Crippen LogP contribution in [-0.4, -0.2) is 12.6 Å². The van der Waals surface area contributed by atoms with Gasteiger partial charge in [-0.05, 0) is 6.42 Å². The molecule has 0 bridgehead atoms. The fraction of sp³-hybridized carbons (Fsp3) is 0.800. The second-order valence-corrected chi connectivity index (χ2v) is 1.34. The van der Waals surface area contributed by atoms with Gasteiger partial charge in [0.1, 0.15) is 0 Å². The Hall–Kier alpha value is -0.530. The summed E-state index contributed by atoms with van der Waals surface area (Å²) in [6.07, 6.45) is 0.902. The Morgan fingerprint density at radius 2 is 2.29 bits per heavy atom. The van der Waals surface area contributed by atoms with Crippen LogP contribution in [0.3, 0.4) is 0 Å². The van der Waals surface area contributed by atoms with Crippen LogP contribution in [0.1, 0.15) is 20.3 Å². The topological polar surface area (TPSA) is 26.3 Å². The van der Waals surface area contributed by atoms with E-state index in [1.54, 1.807) is 0 Å². The van der Waals surface area contributed by atoms with Crippen molar-refractivity contribution in [2.75, 3.05) is 6.61 Å². The SMILES string of the molecule is CCCOC(C)=O. The number of hydrogen-bond donors (Lipinski definition) is 0. The van der Waals surface area contributed by atoms with Gasteiger partial charge in [-0.1, -0.05) is 6.92 Å². The van der Waals surface area contributed by atoms with E-state index in [0.717, 1.165) is 6.42 Å².